The van der Waals surface area contributed by atoms with Crippen molar-refractivity contribution in [1.29, 1.82) is 0 Å². The van der Waals surface area contributed by atoms with Crippen LogP contribution >= 0.6 is 11.8 Å². The van der Waals surface area contributed by atoms with Gasteiger partial charge in [0.15, 0.2) is 5.96 Å². The van der Waals surface area contributed by atoms with E-state index in [-0.39, 0.29) is 0 Å². The summed E-state index contributed by atoms with van der Waals surface area (Å²) in [6, 6.07) is 0. The van der Waals surface area contributed by atoms with Gasteiger partial charge in [-0.3, -0.25) is 4.99 Å². The quantitative estimate of drug-likeness (QED) is 0.411. The first-order valence-electron chi connectivity index (χ1n) is 8.19. The minimum atomic E-state index is 0.299. The van der Waals surface area contributed by atoms with E-state index in [2.05, 4.69) is 35.7 Å². The van der Waals surface area contributed by atoms with Crippen molar-refractivity contribution in [2.24, 2.45) is 10.9 Å². The number of ether oxygens (including phenoxy) is 1. The Morgan fingerprint density at radius 3 is 2.52 bits per heavy atom. The predicted molar refractivity (Wildman–Crippen MR) is 94.4 cm³/mol. The fourth-order valence-electron chi connectivity index (χ4n) is 2.55. The molecule has 0 atom stereocenters. The first-order valence-corrected chi connectivity index (χ1v) is 9.42. The van der Waals surface area contributed by atoms with Crippen LogP contribution in [0.1, 0.15) is 46.0 Å². The van der Waals surface area contributed by atoms with Crippen molar-refractivity contribution in [3.63, 3.8) is 0 Å². The van der Waals surface area contributed by atoms with Gasteiger partial charge in [0.2, 0.25) is 0 Å². The number of hydrogen-bond donors (Lipinski definition) is 2. The third-order valence-corrected chi connectivity index (χ3v) is 5.56. The molecule has 1 rings (SSSR count). The van der Waals surface area contributed by atoms with Gasteiger partial charge in [0.1, 0.15) is 0 Å². The monoisotopic (exact) mass is 315 g/mol. The molecule has 5 heteroatoms. The lowest BCUT2D eigenvalue weighted by molar-refractivity contribution is 0.0783. The predicted octanol–water partition coefficient (Wildman–Crippen LogP) is 2.89. The number of rotatable bonds is 8. The van der Waals surface area contributed by atoms with Crippen LogP contribution in [0.3, 0.4) is 0 Å². The van der Waals surface area contributed by atoms with E-state index in [1.54, 1.807) is 0 Å². The van der Waals surface area contributed by atoms with E-state index in [1.165, 1.54) is 19.3 Å². The molecule has 4 nitrogen and oxygen atoms in total. The highest BCUT2D eigenvalue weighted by atomic mass is 32.2. The number of aliphatic imine (C=N–C) groups is 1. The lowest BCUT2D eigenvalue weighted by Crippen LogP contribution is -2.48. The van der Waals surface area contributed by atoms with Crippen molar-refractivity contribution in [2.45, 2.75) is 50.7 Å². The second-order valence-corrected chi connectivity index (χ2v) is 7.52. The number of hydrogen-bond acceptors (Lipinski definition) is 3. The van der Waals surface area contributed by atoms with E-state index in [4.69, 9.17) is 4.74 Å². The highest BCUT2D eigenvalue weighted by Gasteiger charge is 2.31. The lowest BCUT2D eigenvalue weighted by atomic mass is 9.99. The average molecular weight is 316 g/mol. The number of nitrogens with one attached hydrogen (secondary N) is 2. The molecule has 0 radical (unpaired) electrons. The molecule has 0 aromatic heterocycles. The van der Waals surface area contributed by atoms with Gasteiger partial charge >= 0.3 is 0 Å². The lowest BCUT2D eigenvalue weighted by Gasteiger charge is -2.36. The number of guanidine groups is 1. The molecule has 1 fully saturated rings. The largest absolute Gasteiger partial charge is 0.381 e. The van der Waals surface area contributed by atoms with Gasteiger partial charge in [-0.2, -0.15) is 11.8 Å². The van der Waals surface area contributed by atoms with E-state index in [1.807, 2.05) is 18.8 Å². The van der Waals surface area contributed by atoms with E-state index in [9.17, 15) is 0 Å². The molecule has 0 aromatic carbocycles. The van der Waals surface area contributed by atoms with Crippen molar-refractivity contribution >= 4 is 17.7 Å². The summed E-state index contributed by atoms with van der Waals surface area (Å²) in [7, 11) is 1.85. The van der Waals surface area contributed by atoms with E-state index >= 15 is 0 Å². The summed E-state index contributed by atoms with van der Waals surface area (Å²) >= 11 is 1.96. The molecule has 1 heterocycles. The molecule has 0 bridgehead atoms. The zero-order valence-electron chi connectivity index (χ0n) is 14.2. The van der Waals surface area contributed by atoms with Gasteiger partial charge in [-0.25, -0.2) is 0 Å². The Labute approximate surface area is 134 Å². The second-order valence-electron chi connectivity index (χ2n) is 6.24. The van der Waals surface area contributed by atoms with Crippen molar-refractivity contribution < 1.29 is 4.74 Å². The molecule has 2 N–H and O–H groups in total. The Morgan fingerprint density at radius 2 is 1.95 bits per heavy atom. The van der Waals surface area contributed by atoms with Crippen LogP contribution in [0.15, 0.2) is 4.99 Å². The van der Waals surface area contributed by atoms with Gasteiger partial charge < -0.3 is 15.4 Å². The maximum absolute atomic E-state index is 5.48. The number of thioether (sulfide) groups is 1. The minimum absolute atomic E-state index is 0.299. The third kappa shape index (κ3) is 7.41. The van der Waals surface area contributed by atoms with Crippen molar-refractivity contribution in [3.8, 4) is 0 Å². The fraction of sp³-hybridized carbons (Fsp3) is 0.938. The van der Waals surface area contributed by atoms with Crippen LogP contribution in [0, 0.1) is 5.92 Å². The molecule has 0 amide bonds. The van der Waals surface area contributed by atoms with Crippen LogP contribution in [-0.4, -0.2) is 50.3 Å². The smallest absolute Gasteiger partial charge is 0.191 e. The molecule has 0 aromatic rings. The molecule has 1 aliphatic heterocycles. The normalized spacial score (nSPS) is 18.8. The van der Waals surface area contributed by atoms with Crippen molar-refractivity contribution in [3.05, 3.63) is 0 Å². The zero-order valence-corrected chi connectivity index (χ0v) is 15.0. The van der Waals surface area contributed by atoms with Gasteiger partial charge in [-0.05, 0) is 31.4 Å². The topological polar surface area (TPSA) is 45.7 Å². The van der Waals surface area contributed by atoms with Gasteiger partial charge in [-0.15, -0.1) is 0 Å². The number of unbranched alkanes of at least 4 members (excludes halogenated alkanes) is 1. The standard InChI is InChI=1S/C16H33N3OS/c1-14(2)7-5-6-10-18-15(17-3)19-13-16(21-4)8-11-20-12-9-16/h14H,5-13H2,1-4H3,(H2,17,18,19). The van der Waals surface area contributed by atoms with Crippen LogP contribution in [-0.2, 0) is 4.74 Å². The van der Waals surface area contributed by atoms with E-state index in [0.29, 0.717) is 4.75 Å². The molecule has 0 saturated carbocycles. The Hall–Kier alpha value is -0.420. The van der Waals surface area contributed by atoms with Crippen LogP contribution in [0.2, 0.25) is 0 Å². The maximum atomic E-state index is 5.48. The van der Waals surface area contributed by atoms with E-state index in [0.717, 1.165) is 51.0 Å². The zero-order chi connectivity index (χ0) is 15.6. The summed E-state index contributed by atoms with van der Waals surface area (Å²) in [4.78, 5) is 4.32. The summed E-state index contributed by atoms with van der Waals surface area (Å²) in [6.45, 7) is 8.28. The first-order chi connectivity index (χ1) is 10.1. The van der Waals surface area contributed by atoms with Gasteiger partial charge in [0.25, 0.3) is 0 Å². The number of nitrogens with zero attached hydrogens (tertiary/aromatic N) is 1. The van der Waals surface area contributed by atoms with Gasteiger partial charge in [0, 0.05) is 38.1 Å². The van der Waals surface area contributed by atoms with Crippen LogP contribution in [0.5, 0.6) is 0 Å². The minimum Gasteiger partial charge on any atom is -0.381 e. The summed E-state index contributed by atoms with van der Waals surface area (Å²) in [5, 5.41) is 6.92. The third-order valence-electron chi connectivity index (χ3n) is 4.14. The van der Waals surface area contributed by atoms with Crippen LogP contribution in [0.25, 0.3) is 0 Å². The Bertz CT molecular complexity index is 302. The summed E-state index contributed by atoms with van der Waals surface area (Å²) in [5.74, 6) is 1.73. The SMILES string of the molecule is CN=C(NCCCCC(C)C)NCC1(SC)CCOCC1. The van der Waals surface area contributed by atoms with Crippen molar-refractivity contribution in [1.82, 2.24) is 10.6 Å². The van der Waals surface area contributed by atoms with Crippen LogP contribution < -0.4 is 10.6 Å². The molecule has 0 aliphatic carbocycles. The van der Waals surface area contributed by atoms with Gasteiger partial charge in [-0.1, -0.05) is 26.7 Å². The molecular weight excluding hydrogens is 282 g/mol. The van der Waals surface area contributed by atoms with Crippen LogP contribution in [0.4, 0.5) is 0 Å². The summed E-state index contributed by atoms with van der Waals surface area (Å²) in [5.41, 5.74) is 0. The summed E-state index contributed by atoms with van der Waals surface area (Å²) in [6.07, 6.45) is 8.24. The van der Waals surface area contributed by atoms with Crippen molar-refractivity contribution in [2.75, 3.05) is 39.6 Å². The Balaban J connectivity index is 2.24. The van der Waals surface area contributed by atoms with E-state index < -0.39 is 0 Å². The molecule has 1 saturated heterocycles. The molecular formula is C16H33N3OS. The Morgan fingerprint density at radius 1 is 1.24 bits per heavy atom. The molecule has 0 spiro atoms. The summed E-state index contributed by atoms with van der Waals surface area (Å²) < 4.78 is 5.78. The molecule has 0 unspecified atom stereocenters. The fourth-order valence-corrected chi connectivity index (χ4v) is 3.34. The average Bonchev–Trinajstić information content (AvgIpc) is 2.50. The highest BCUT2D eigenvalue weighted by molar-refractivity contribution is 8.00. The molecule has 21 heavy (non-hydrogen) atoms. The van der Waals surface area contributed by atoms with Gasteiger partial charge in [0.05, 0.1) is 0 Å². The highest BCUT2D eigenvalue weighted by Crippen LogP contribution is 2.32. The second kappa shape index (κ2) is 10.3. The molecule has 124 valence electrons. The molecule has 1 aliphatic rings. The maximum Gasteiger partial charge on any atom is 0.191 e. The first kappa shape index (κ1) is 18.6. The Kier molecular flexibility index (Phi) is 9.16.